The Morgan fingerprint density at radius 3 is 2.64 bits per heavy atom. The molecule has 0 saturated carbocycles. The molecular weight excluding hydrogens is 134 g/mol. The number of hydrogen-bond acceptors (Lipinski definition) is 1. The van der Waals surface area contributed by atoms with Crippen molar-refractivity contribution in [3.05, 3.63) is 24.3 Å². The van der Waals surface area contributed by atoms with Crippen molar-refractivity contribution in [1.82, 2.24) is 5.32 Å². The molecular formula is C10H17N. The average Bonchev–Trinajstić information content (AvgIpc) is 2.50. The molecule has 0 unspecified atom stereocenters. The first-order valence-electron chi connectivity index (χ1n) is 4.49. The van der Waals surface area contributed by atoms with Gasteiger partial charge in [0.1, 0.15) is 0 Å². The van der Waals surface area contributed by atoms with E-state index in [2.05, 4.69) is 36.5 Å². The van der Waals surface area contributed by atoms with E-state index in [9.17, 15) is 0 Å². The van der Waals surface area contributed by atoms with Gasteiger partial charge in [0.15, 0.2) is 0 Å². The highest BCUT2D eigenvalue weighted by Gasteiger charge is 2.00. The van der Waals surface area contributed by atoms with Crippen LogP contribution in [-0.4, -0.2) is 13.1 Å². The molecule has 62 valence electrons. The molecule has 1 aliphatic carbocycles. The third-order valence-electron chi connectivity index (χ3n) is 1.91. The number of hydrogen-bond donors (Lipinski definition) is 1. The molecule has 0 saturated heterocycles. The van der Waals surface area contributed by atoms with Gasteiger partial charge >= 0.3 is 0 Å². The van der Waals surface area contributed by atoms with E-state index in [1.165, 1.54) is 12.8 Å². The first kappa shape index (κ1) is 8.54. The molecule has 0 heterocycles. The maximum absolute atomic E-state index is 3.43. The molecule has 0 amide bonds. The van der Waals surface area contributed by atoms with Gasteiger partial charge < -0.3 is 5.32 Å². The summed E-state index contributed by atoms with van der Waals surface area (Å²) in [6.45, 7) is 4.48. The van der Waals surface area contributed by atoms with E-state index < -0.39 is 0 Å². The van der Waals surface area contributed by atoms with Crippen LogP contribution in [0.2, 0.25) is 0 Å². The Morgan fingerprint density at radius 2 is 2.00 bits per heavy atom. The summed E-state index contributed by atoms with van der Waals surface area (Å²) < 4.78 is 0. The van der Waals surface area contributed by atoms with Crippen LogP contribution in [0.3, 0.4) is 0 Å². The lowest BCUT2D eigenvalue weighted by atomic mass is 10.2. The quantitative estimate of drug-likeness (QED) is 0.593. The van der Waals surface area contributed by atoms with Crippen molar-refractivity contribution in [2.75, 3.05) is 13.1 Å². The van der Waals surface area contributed by atoms with Gasteiger partial charge in [0.05, 0.1) is 0 Å². The Hall–Kier alpha value is -0.560. The third kappa shape index (κ3) is 3.38. The Labute approximate surface area is 69.2 Å². The van der Waals surface area contributed by atoms with E-state index >= 15 is 0 Å². The van der Waals surface area contributed by atoms with Crippen molar-refractivity contribution in [2.24, 2.45) is 5.92 Å². The lowest BCUT2D eigenvalue weighted by molar-refractivity contribution is 0.604. The van der Waals surface area contributed by atoms with E-state index in [0.717, 1.165) is 13.1 Å². The molecule has 0 bridgehead atoms. The molecule has 0 spiro atoms. The lowest BCUT2D eigenvalue weighted by Crippen LogP contribution is -2.21. The fourth-order valence-corrected chi connectivity index (χ4v) is 1.18. The van der Waals surface area contributed by atoms with Gasteiger partial charge in [-0.15, -0.1) is 0 Å². The molecule has 1 heteroatoms. The average molecular weight is 151 g/mol. The minimum atomic E-state index is 0.645. The Balaban J connectivity index is 1.95. The monoisotopic (exact) mass is 151 g/mol. The van der Waals surface area contributed by atoms with E-state index in [-0.39, 0.29) is 0 Å². The highest BCUT2D eigenvalue weighted by Crippen LogP contribution is 2.06. The normalized spacial score (nSPS) is 16.5. The summed E-state index contributed by atoms with van der Waals surface area (Å²) in [7, 11) is 0. The molecule has 1 N–H and O–H groups in total. The molecule has 0 fully saturated rings. The smallest absolute Gasteiger partial charge is 0.00779 e. The van der Waals surface area contributed by atoms with Gasteiger partial charge in [-0.3, -0.25) is 0 Å². The second-order valence-corrected chi connectivity index (χ2v) is 2.99. The molecule has 1 rings (SSSR count). The summed E-state index contributed by atoms with van der Waals surface area (Å²) in [4.78, 5) is 0. The summed E-state index contributed by atoms with van der Waals surface area (Å²) in [6, 6.07) is 0. The summed E-state index contributed by atoms with van der Waals surface area (Å²) in [5, 5.41) is 3.43. The minimum Gasteiger partial charge on any atom is -0.316 e. The van der Waals surface area contributed by atoms with Crippen LogP contribution in [0.15, 0.2) is 24.3 Å². The highest BCUT2D eigenvalue weighted by molar-refractivity contribution is 5.17. The molecule has 0 aliphatic heterocycles. The molecule has 0 radical (unpaired) electrons. The maximum atomic E-state index is 3.43. The van der Waals surface area contributed by atoms with Crippen LogP contribution in [0, 0.1) is 5.92 Å². The van der Waals surface area contributed by atoms with Crippen molar-refractivity contribution >= 4 is 0 Å². The second-order valence-electron chi connectivity index (χ2n) is 2.99. The second kappa shape index (κ2) is 5.14. The highest BCUT2D eigenvalue weighted by atomic mass is 14.8. The zero-order valence-corrected chi connectivity index (χ0v) is 7.22. The van der Waals surface area contributed by atoms with Gasteiger partial charge in [-0.2, -0.15) is 0 Å². The zero-order chi connectivity index (χ0) is 7.94. The molecule has 1 nitrogen and oxygen atoms in total. The number of unbranched alkanes of at least 4 members (excludes halogenated alkanes) is 1. The molecule has 11 heavy (non-hydrogen) atoms. The van der Waals surface area contributed by atoms with E-state index in [1.54, 1.807) is 0 Å². The predicted molar refractivity (Wildman–Crippen MR) is 49.5 cm³/mol. The van der Waals surface area contributed by atoms with Gasteiger partial charge in [0, 0.05) is 12.5 Å². The van der Waals surface area contributed by atoms with Gasteiger partial charge in [-0.25, -0.2) is 0 Å². The lowest BCUT2D eigenvalue weighted by Gasteiger charge is -2.06. The molecule has 0 atom stereocenters. The van der Waals surface area contributed by atoms with Gasteiger partial charge in [-0.05, 0) is 13.0 Å². The summed E-state index contributed by atoms with van der Waals surface area (Å²) in [5.41, 5.74) is 0. The number of rotatable bonds is 5. The van der Waals surface area contributed by atoms with Gasteiger partial charge in [-0.1, -0.05) is 37.6 Å². The van der Waals surface area contributed by atoms with Crippen molar-refractivity contribution in [3.63, 3.8) is 0 Å². The van der Waals surface area contributed by atoms with Crippen LogP contribution < -0.4 is 5.32 Å². The third-order valence-corrected chi connectivity index (χ3v) is 1.91. The minimum absolute atomic E-state index is 0.645. The van der Waals surface area contributed by atoms with E-state index in [1.807, 2.05) is 0 Å². The Morgan fingerprint density at radius 1 is 1.27 bits per heavy atom. The Bertz CT molecular complexity index is 135. The first-order chi connectivity index (χ1) is 5.43. The van der Waals surface area contributed by atoms with Crippen LogP contribution in [-0.2, 0) is 0 Å². The van der Waals surface area contributed by atoms with Gasteiger partial charge in [0.25, 0.3) is 0 Å². The van der Waals surface area contributed by atoms with Crippen LogP contribution in [0.5, 0.6) is 0 Å². The molecule has 0 aromatic carbocycles. The van der Waals surface area contributed by atoms with Crippen LogP contribution in [0.4, 0.5) is 0 Å². The van der Waals surface area contributed by atoms with Gasteiger partial charge in [0.2, 0.25) is 0 Å². The van der Waals surface area contributed by atoms with E-state index in [4.69, 9.17) is 0 Å². The summed E-state index contributed by atoms with van der Waals surface area (Å²) in [6.07, 6.45) is 11.3. The van der Waals surface area contributed by atoms with Crippen LogP contribution in [0.1, 0.15) is 19.8 Å². The molecule has 1 aliphatic rings. The topological polar surface area (TPSA) is 12.0 Å². The molecule has 0 aromatic rings. The largest absolute Gasteiger partial charge is 0.316 e. The predicted octanol–water partition coefficient (Wildman–Crippen LogP) is 2.12. The summed E-state index contributed by atoms with van der Waals surface area (Å²) >= 11 is 0. The standard InChI is InChI=1S/C10H17N/c1-2-3-8-11-9-10-6-4-5-7-10/h4-7,10-11H,2-3,8-9H2,1H3. The van der Waals surface area contributed by atoms with Crippen molar-refractivity contribution in [2.45, 2.75) is 19.8 Å². The van der Waals surface area contributed by atoms with Crippen molar-refractivity contribution in [3.8, 4) is 0 Å². The fraction of sp³-hybridized carbons (Fsp3) is 0.600. The van der Waals surface area contributed by atoms with Crippen molar-refractivity contribution < 1.29 is 0 Å². The number of allylic oxidation sites excluding steroid dienone is 2. The SMILES string of the molecule is CCCCNCC1C=CC=C1. The Kier molecular flexibility index (Phi) is 3.99. The number of nitrogens with one attached hydrogen (secondary N) is 1. The first-order valence-corrected chi connectivity index (χ1v) is 4.49. The van der Waals surface area contributed by atoms with Crippen LogP contribution >= 0.6 is 0 Å². The summed E-state index contributed by atoms with van der Waals surface area (Å²) in [5.74, 6) is 0.645. The fourth-order valence-electron chi connectivity index (χ4n) is 1.18. The van der Waals surface area contributed by atoms with Crippen LogP contribution in [0.25, 0.3) is 0 Å². The molecule has 0 aromatic heterocycles. The van der Waals surface area contributed by atoms with E-state index in [0.29, 0.717) is 5.92 Å². The maximum Gasteiger partial charge on any atom is 0.00779 e. The zero-order valence-electron chi connectivity index (χ0n) is 7.22. The van der Waals surface area contributed by atoms with Crippen molar-refractivity contribution in [1.29, 1.82) is 0 Å².